The van der Waals surface area contributed by atoms with Gasteiger partial charge in [-0.3, -0.25) is 0 Å². The van der Waals surface area contributed by atoms with E-state index in [9.17, 15) is 0 Å². The van der Waals surface area contributed by atoms with Crippen molar-refractivity contribution in [2.45, 2.75) is 31.5 Å². The van der Waals surface area contributed by atoms with Crippen molar-refractivity contribution in [1.29, 1.82) is 0 Å². The van der Waals surface area contributed by atoms with Crippen molar-refractivity contribution >= 4 is 5.95 Å². The summed E-state index contributed by atoms with van der Waals surface area (Å²) in [4.78, 5) is 11.1. The maximum absolute atomic E-state index is 5.72. The Labute approximate surface area is 107 Å². The predicted octanol–water partition coefficient (Wildman–Crippen LogP) is 1.38. The lowest BCUT2D eigenvalue weighted by Gasteiger charge is -2.47. The van der Waals surface area contributed by atoms with E-state index in [-0.39, 0.29) is 5.60 Å². The van der Waals surface area contributed by atoms with Gasteiger partial charge >= 0.3 is 0 Å². The second kappa shape index (κ2) is 4.82. The zero-order chi connectivity index (χ0) is 12.4. The van der Waals surface area contributed by atoms with Crippen molar-refractivity contribution in [2.24, 2.45) is 0 Å². The van der Waals surface area contributed by atoms with Crippen LogP contribution < -0.4 is 4.90 Å². The number of nitrogens with zero attached hydrogens (tertiary/aromatic N) is 3. The number of aromatic nitrogens is 2. The van der Waals surface area contributed by atoms with Crippen LogP contribution in [0.25, 0.3) is 0 Å². The monoisotopic (exact) mass is 249 g/mol. The summed E-state index contributed by atoms with van der Waals surface area (Å²) in [7, 11) is 1.68. The molecule has 3 rings (SSSR count). The van der Waals surface area contributed by atoms with Crippen molar-refractivity contribution in [3.05, 3.63) is 18.0 Å². The molecule has 2 aliphatic heterocycles. The third-order valence-electron chi connectivity index (χ3n) is 3.92. The summed E-state index contributed by atoms with van der Waals surface area (Å²) in [5.74, 6) is 0.818. The molecule has 2 aliphatic rings. The van der Waals surface area contributed by atoms with Crippen molar-refractivity contribution < 1.29 is 9.47 Å². The molecule has 0 bridgehead atoms. The summed E-state index contributed by atoms with van der Waals surface area (Å²) in [5, 5.41) is 0. The Kier molecular flexibility index (Phi) is 3.18. The molecule has 0 unspecified atom stereocenters. The van der Waals surface area contributed by atoms with Crippen LogP contribution in [0.2, 0.25) is 0 Å². The van der Waals surface area contributed by atoms with Crippen molar-refractivity contribution in [1.82, 2.24) is 9.97 Å². The van der Waals surface area contributed by atoms with E-state index in [0.717, 1.165) is 44.2 Å². The first kappa shape index (κ1) is 11.9. The van der Waals surface area contributed by atoms with Crippen LogP contribution in [-0.2, 0) is 16.1 Å². The number of hydrogen-bond donors (Lipinski definition) is 0. The molecule has 0 aromatic carbocycles. The van der Waals surface area contributed by atoms with Crippen LogP contribution in [0.5, 0.6) is 0 Å². The molecule has 0 amide bonds. The standard InChI is InChI=1S/C13H19N3O2/c1-17-10-11-2-6-14-12(15-11)16-7-3-13(4-8-16)5-9-18-13/h2,6H,3-5,7-10H2,1H3. The fraction of sp³-hybridized carbons (Fsp3) is 0.692. The number of anilines is 1. The highest BCUT2D eigenvalue weighted by Crippen LogP contribution is 2.37. The molecule has 1 spiro atoms. The van der Waals surface area contributed by atoms with Crippen LogP contribution in [0.1, 0.15) is 25.0 Å². The molecule has 0 aliphatic carbocycles. The summed E-state index contributed by atoms with van der Waals surface area (Å²) in [6.07, 6.45) is 5.20. The third-order valence-corrected chi connectivity index (χ3v) is 3.92. The maximum atomic E-state index is 5.72. The predicted molar refractivity (Wildman–Crippen MR) is 67.5 cm³/mol. The Morgan fingerprint density at radius 1 is 1.39 bits per heavy atom. The van der Waals surface area contributed by atoms with Gasteiger partial charge in [0.2, 0.25) is 5.95 Å². The first-order valence-electron chi connectivity index (χ1n) is 6.51. The largest absolute Gasteiger partial charge is 0.378 e. The van der Waals surface area contributed by atoms with Gasteiger partial charge in [-0.05, 0) is 25.3 Å². The molecule has 0 atom stereocenters. The molecule has 2 saturated heterocycles. The topological polar surface area (TPSA) is 47.5 Å². The first-order chi connectivity index (χ1) is 8.81. The summed E-state index contributed by atoms with van der Waals surface area (Å²) < 4.78 is 10.8. The molecule has 0 N–H and O–H groups in total. The Bertz CT molecular complexity index is 410. The molecular weight excluding hydrogens is 230 g/mol. The molecular formula is C13H19N3O2. The number of rotatable bonds is 3. The van der Waals surface area contributed by atoms with Crippen LogP contribution >= 0.6 is 0 Å². The zero-order valence-electron chi connectivity index (χ0n) is 10.8. The van der Waals surface area contributed by atoms with Gasteiger partial charge in [-0.1, -0.05) is 0 Å². The Morgan fingerprint density at radius 2 is 2.17 bits per heavy atom. The van der Waals surface area contributed by atoms with Crippen molar-refractivity contribution in [3.8, 4) is 0 Å². The molecule has 5 heteroatoms. The quantitative estimate of drug-likeness (QED) is 0.810. The van der Waals surface area contributed by atoms with Gasteiger partial charge in [-0.25, -0.2) is 9.97 Å². The maximum Gasteiger partial charge on any atom is 0.225 e. The van der Waals surface area contributed by atoms with Crippen LogP contribution in [0, 0.1) is 0 Å². The van der Waals surface area contributed by atoms with E-state index < -0.39 is 0 Å². The molecule has 1 aromatic rings. The van der Waals surface area contributed by atoms with E-state index in [1.54, 1.807) is 13.3 Å². The lowest BCUT2D eigenvalue weighted by Crippen LogP contribution is -2.52. The zero-order valence-corrected chi connectivity index (χ0v) is 10.8. The fourth-order valence-corrected chi connectivity index (χ4v) is 2.66. The number of ether oxygens (including phenoxy) is 2. The van der Waals surface area contributed by atoms with Crippen LogP contribution in [0.3, 0.4) is 0 Å². The van der Waals surface area contributed by atoms with Gasteiger partial charge in [-0.15, -0.1) is 0 Å². The average molecular weight is 249 g/mol. The smallest absolute Gasteiger partial charge is 0.225 e. The van der Waals surface area contributed by atoms with Crippen LogP contribution in [-0.4, -0.2) is 42.4 Å². The van der Waals surface area contributed by atoms with E-state index in [0.29, 0.717) is 6.61 Å². The minimum absolute atomic E-state index is 0.181. The first-order valence-corrected chi connectivity index (χ1v) is 6.51. The van der Waals surface area contributed by atoms with E-state index in [1.807, 2.05) is 6.07 Å². The van der Waals surface area contributed by atoms with Crippen LogP contribution in [0.15, 0.2) is 12.3 Å². The molecule has 0 saturated carbocycles. The lowest BCUT2D eigenvalue weighted by atomic mass is 9.84. The van der Waals surface area contributed by atoms with E-state index in [1.165, 1.54) is 6.42 Å². The molecule has 0 radical (unpaired) electrons. The molecule has 18 heavy (non-hydrogen) atoms. The molecule has 1 aromatic heterocycles. The van der Waals surface area contributed by atoms with Crippen molar-refractivity contribution in [3.63, 3.8) is 0 Å². The van der Waals surface area contributed by atoms with Crippen LogP contribution in [0.4, 0.5) is 5.95 Å². The summed E-state index contributed by atoms with van der Waals surface area (Å²) in [5.41, 5.74) is 1.11. The minimum atomic E-state index is 0.181. The summed E-state index contributed by atoms with van der Waals surface area (Å²) in [6.45, 7) is 3.43. The number of hydrogen-bond acceptors (Lipinski definition) is 5. The Hall–Kier alpha value is -1.20. The van der Waals surface area contributed by atoms with Gasteiger partial charge in [0, 0.05) is 26.4 Å². The van der Waals surface area contributed by atoms with E-state index in [4.69, 9.17) is 9.47 Å². The van der Waals surface area contributed by atoms with Gasteiger partial charge in [0.05, 0.1) is 24.5 Å². The average Bonchev–Trinajstić information content (AvgIpc) is 2.38. The Balaban J connectivity index is 1.66. The highest BCUT2D eigenvalue weighted by molar-refractivity contribution is 5.31. The lowest BCUT2D eigenvalue weighted by molar-refractivity contribution is -0.158. The summed E-state index contributed by atoms with van der Waals surface area (Å²) in [6, 6.07) is 1.90. The SMILES string of the molecule is COCc1ccnc(N2CCC3(CCO3)CC2)n1. The number of methoxy groups -OCH3 is 1. The summed E-state index contributed by atoms with van der Waals surface area (Å²) >= 11 is 0. The second-order valence-electron chi connectivity index (χ2n) is 5.05. The van der Waals surface area contributed by atoms with Gasteiger partial charge in [0.1, 0.15) is 0 Å². The Morgan fingerprint density at radius 3 is 2.78 bits per heavy atom. The fourth-order valence-electron chi connectivity index (χ4n) is 2.66. The van der Waals surface area contributed by atoms with Gasteiger partial charge in [0.25, 0.3) is 0 Å². The number of piperidine rings is 1. The van der Waals surface area contributed by atoms with Gasteiger partial charge in [0.15, 0.2) is 0 Å². The molecule has 5 nitrogen and oxygen atoms in total. The molecule has 98 valence electrons. The van der Waals surface area contributed by atoms with Gasteiger partial charge < -0.3 is 14.4 Å². The van der Waals surface area contributed by atoms with Crippen molar-refractivity contribution in [2.75, 3.05) is 31.7 Å². The normalized spacial score (nSPS) is 21.9. The molecule has 2 fully saturated rings. The minimum Gasteiger partial charge on any atom is -0.378 e. The highest BCUT2D eigenvalue weighted by atomic mass is 16.5. The second-order valence-corrected chi connectivity index (χ2v) is 5.05. The van der Waals surface area contributed by atoms with E-state index >= 15 is 0 Å². The van der Waals surface area contributed by atoms with E-state index in [2.05, 4.69) is 14.9 Å². The molecule has 3 heterocycles. The third kappa shape index (κ3) is 2.20. The van der Waals surface area contributed by atoms with Gasteiger partial charge in [-0.2, -0.15) is 0 Å². The highest BCUT2D eigenvalue weighted by Gasteiger charge is 2.41.